The van der Waals surface area contributed by atoms with Crippen molar-refractivity contribution in [2.45, 2.75) is 45.2 Å². The minimum atomic E-state index is -0.0591. The van der Waals surface area contributed by atoms with Crippen LogP contribution in [0, 0.1) is 11.8 Å². The summed E-state index contributed by atoms with van der Waals surface area (Å²) in [4.78, 5) is 12.2. The summed E-state index contributed by atoms with van der Waals surface area (Å²) < 4.78 is 5.41. The summed E-state index contributed by atoms with van der Waals surface area (Å²) in [6.07, 6.45) is 2.48. The van der Waals surface area contributed by atoms with E-state index >= 15 is 0 Å². The Hall–Kier alpha value is -0.610. The monoisotopic (exact) mass is 240 g/mol. The molecule has 2 atom stereocenters. The Morgan fingerprint density at radius 1 is 1.35 bits per heavy atom. The van der Waals surface area contributed by atoms with Crippen LogP contribution in [-0.4, -0.2) is 37.2 Å². The number of likely N-dealkylation sites (N-methyl/N-ethyl adjacent to an activating group) is 1. The molecule has 2 unspecified atom stereocenters. The number of ether oxygens (including phenoxy) is 1. The molecule has 0 spiro atoms. The Morgan fingerprint density at radius 2 is 2.06 bits per heavy atom. The van der Waals surface area contributed by atoms with Crippen LogP contribution in [0.1, 0.15) is 33.6 Å². The van der Waals surface area contributed by atoms with Gasteiger partial charge in [0, 0.05) is 11.6 Å². The third-order valence-corrected chi connectivity index (χ3v) is 3.93. The fourth-order valence-corrected chi connectivity index (χ4v) is 2.59. The quantitative estimate of drug-likeness (QED) is 0.751. The van der Waals surface area contributed by atoms with Crippen LogP contribution >= 0.6 is 0 Å². The average Bonchev–Trinajstić information content (AvgIpc) is 3.01. The van der Waals surface area contributed by atoms with E-state index in [1.165, 1.54) is 12.8 Å². The van der Waals surface area contributed by atoms with E-state index in [0.717, 1.165) is 6.54 Å². The molecule has 2 aliphatic rings. The highest BCUT2D eigenvalue weighted by atomic mass is 16.5. The molecule has 1 saturated carbocycles. The Morgan fingerprint density at radius 3 is 2.65 bits per heavy atom. The minimum Gasteiger partial charge on any atom is -0.379 e. The van der Waals surface area contributed by atoms with Crippen molar-refractivity contribution in [3.63, 3.8) is 0 Å². The molecule has 0 aromatic rings. The molecule has 0 radical (unpaired) electrons. The van der Waals surface area contributed by atoms with Gasteiger partial charge in [-0.1, -0.05) is 6.92 Å². The molecule has 0 aromatic carbocycles. The summed E-state index contributed by atoms with van der Waals surface area (Å²) in [5, 5.41) is 6.51. The molecular weight excluding hydrogens is 216 g/mol. The lowest BCUT2D eigenvalue weighted by molar-refractivity contribution is -0.127. The molecule has 4 nitrogen and oxygen atoms in total. The van der Waals surface area contributed by atoms with Crippen molar-refractivity contribution in [2.75, 3.05) is 19.8 Å². The first-order chi connectivity index (χ1) is 8.04. The summed E-state index contributed by atoms with van der Waals surface area (Å²) in [5.41, 5.74) is -0.0591. The first-order valence-electron chi connectivity index (χ1n) is 6.67. The molecule has 0 aromatic heterocycles. The lowest BCUT2D eigenvalue weighted by atomic mass is 9.95. The molecule has 2 fully saturated rings. The number of carbonyl (C=O) groups excluding carboxylic acids is 1. The standard InChI is InChI=1S/C13H24N2O2/c1-4-14-11-8-17-7-10(11)12(16)15-13(2,3)9-5-6-9/h9-11,14H,4-8H2,1-3H3,(H,15,16). The number of nitrogens with one attached hydrogen (secondary N) is 2. The van der Waals surface area contributed by atoms with Gasteiger partial charge in [0.2, 0.25) is 5.91 Å². The molecule has 4 heteroatoms. The van der Waals surface area contributed by atoms with Crippen LogP contribution < -0.4 is 10.6 Å². The molecule has 1 aliphatic carbocycles. The first kappa shape index (κ1) is 12.8. The SMILES string of the molecule is CCNC1COCC1C(=O)NC(C)(C)C1CC1. The molecule has 17 heavy (non-hydrogen) atoms. The van der Waals surface area contributed by atoms with Gasteiger partial charge in [-0.3, -0.25) is 4.79 Å². The van der Waals surface area contributed by atoms with Crippen LogP contribution in [-0.2, 0) is 9.53 Å². The second kappa shape index (κ2) is 4.94. The third-order valence-electron chi connectivity index (χ3n) is 3.93. The van der Waals surface area contributed by atoms with Crippen LogP contribution in [0.25, 0.3) is 0 Å². The van der Waals surface area contributed by atoms with Gasteiger partial charge in [0.25, 0.3) is 0 Å². The zero-order chi connectivity index (χ0) is 12.5. The van der Waals surface area contributed by atoms with Gasteiger partial charge in [0.15, 0.2) is 0 Å². The summed E-state index contributed by atoms with van der Waals surface area (Å²) in [6.45, 7) is 8.38. The van der Waals surface area contributed by atoms with Crippen molar-refractivity contribution in [1.82, 2.24) is 10.6 Å². The van der Waals surface area contributed by atoms with Gasteiger partial charge in [0.05, 0.1) is 19.1 Å². The lowest BCUT2D eigenvalue weighted by Crippen LogP contribution is -2.51. The largest absolute Gasteiger partial charge is 0.379 e. The number of rotatable bonds is 5. The van der Waals surface area contributed by atoms with E-state index in [-0.39, 0.29) is 23.4 Å². The van der Waals surface area contributed by atoms with Crippen molar-refractivity contribution >= 4 is 5.91 Å². The Bertz CT molecular complexity index is 287. The molecule has 1 saturated heterocycles. The van der Waals surface area contributed by atoms with Gasteiger partial charge in [0.1, 0.15) is 0 Å². The molecular formula is C13H24N2O2. The fourth-order valence-electron chi connectivity index (χ4n) is 2.59. The zero-order valence-corrected chi connectivity index (χ0v) is 11.1. The van der Waals surface area contributed by atoms with Gasteiger partial charge in [-0.2, -0.15) is 0 Å². The molecule has 1 aliphatic heterocycles. The molecule has 98 valence electrons. The maximum absolute atomic E-state index is 12.2. The fraction of sp³-hybridized carbons (Fsp3) is 0.923. The molecule has 2 N–H and O–H groups in total. The number of amides is 1. The van der Waals surface area contributed by atoms with Crippen molar-refractivity contribution < 1.29 is 9.53 Å². The summed E-state index contributed by atoms with van der Waals surface area (Å²) in [5.74, 6) is 0.768. The summed E-state index contributed by atoms with van der Waals surface area (Å²) >= 11 is 0. The highest BCUT2D eigenvalue weighted by molar-refractivity contribution is 5.80. The van der Waals surface area contributed by atoms with Crippen molar-refractivity contribution in [1.29, 1.82) is 0 Å². The molecule has 0 bridgehead atoms. The number of hydrogen-bond acceptors (Lipinski definition) is 3. The first-order valence-corrected chi connectivity index (χ1v) is 6.67. The zero-order valence-electron chi connectivity index (χ0n) is 11.1. The van der Waals surface area contributed by atoms with Crippen molar-refractivity contribution in [3.05, 3.63) is 0 Å². The molecule has 1 amide bonds. The second-order valence-electron chi connectivity index (χ2n) is 5.79. The predicted octanol–water partition coefficient (Wildman–Crippen LogP) is 0.916. The van der Waals surface area contributed by atoms with Crippen LogP contribution in [0.3, 0.4) is 0 Å². The Balaban J connectivity index is 1.90. The highest BCUT2D eigenvalue weighted by Gasteiger charge is 2.41. The number of hydrogen-bond donors (Lipinski definition) is 2. The van der Waals surface area contributed by atoms with Crippen molar-refractivity contribution in [3.8, 4) is 0 Å². The highest BCUT2D eigenvalue weighted by Crippen LogP contribution is 2.39. The molecule has 1 heterocycles. The van der Waals surface area contributed by atoms with E-state index in [2.05, 4.69) is 31.4 Å². The summed E-state index contributed by atoms with van der Waals surface area (Å²) in [7, 11) is 0. The normalized spacial score (nSPS) is 29.4. The number of carbonyl (C=O) groups is 1. The van der Waals surface area contributed by atoms with E-state index in [0.29, 0.717) is 19.1 Å². The average molecular weight is 240 g/mol. The van der Waals surface area contributed by atoms with Crippen molar-refractivity contribution in [2.24, 2.45) is 11.8 Å². The third kappa shape index (κ3) is 2.99. The van der Waals surface area contributed by atoms with E-state index in [1.54, 1.807) is 0 Å². The van der Waals surface area contributed by atoms with E-state index < -0.39 is 0 Å². The Labute approximate surface area is 103 Å². The van der Waals surface area contributed by atoms with Crippen LogP contribution in [0.2, 0.25) is 0 Å². The van der Waals surface area contributed by atoms with E-state index in [4.69, 9.17) is 4.74 Å². The van der Waals surface area contributed by atoms with Crippen LogP contribution in [0.15, 0.2) is 0 Å². The Kier molecular flexibility index (Phi) is 3.73. The van der Waals surface area contributed by atoms with Crippen LogP contribution in [0.4, 0.5) is 0 Å². The minimum absolute atomic E-state index is 0.0343. The van der Waals surface area contributed by atoms with Crippen LogP contribution in [0.5, 0.6) is 0 Å². The lowest BCUT2D eigenvalue weighted by Gasteiger charge is -2.29. The van der Waals surface area contributed by atoms with E-state index in [9.17, 15) is 4.79 Å². The van der Waals surface area contributed by atoms with Gasteiger partial charge >= 0.3 is 0 Å². The maximum atomic E-state index is 12.2. The summed E-state index contributed by atoms with van der Waals surface area (Å²) in [6, 6.07) is 0.176. The maximum Gasteiger partial charge on any atom is 0.227 e. The second-order valence-corrected chi connectivity index (χ2v) is 5.79. The van der Waals surface area contributed by atoms with Gasteiger partial charge in [-0.05, 0) is 39.2 Å². The topological polar surface area (TPSA) is 50.4 Å². The predicted molar refractivity (Wildman–Crippen MR) is 66.7 cm³/mol. The van der Waals surface area contributed by atoms with E-state index in [1.807, 2.05) is 0 Å². The van der Waals surface area contributed by atoms with Gasteiger partial charge in [-0.15, -0.1) is 0 Å². The smallest absolute Gasteiger partial charge is 0.227 e. The van der Waals surface area contributed by atoms with Gasteiger partial charge < -0.3 is 15.4 Å². The van der Waals surface area contributed by atoms with Gasteiger partial charge in [-0.25, -0.2) is 0 Å². The molecule has 2 rings (SSSR count).